The van der Waals surface area contributed by atoms with E-state index in [9.17, 15) is 17.6 Å². The fraction of sp³-hybridized carbons (Fsp3) is 0.417. The molecule has 0 atom stereocenters. The van der Waals surface area contributed by atoms with Gasteiger partial charge in [-0.25, -0.2) is 12.8 Å². The number of sulfone groups is 1. The van der Waals surface area contributed by atoms with E-state index in [1.54, 1.807) is 6.92 Å². The van der Waals surface area contributed by atoms with E-state index in [2.05, 4.69) is 15.9 Å². The van der Waals surface area contributed by atoms with E-state index in [4.69, 9.17) is 0 Å². The van der Waals surface area contributed by atoms with E-state index in [-0.39, 0.29) is 35.7 Å². The van der Waals surface area contributed by atoms with Gasteiger partial charge >= 0.3 is 0 Å². The molecule has 3 nitrogen and oxygen atoms in total. The van der Waals surface area contributed by atoms with Crippen LogP contribution in [0.4, 0.5) is 4.39 Å². The molecule has 0 radical (unpaired) electrons. The summed E-state index contributed by atoms with van der Waals surface area (Å²) in [6.07, 6.45) is 0.382. The first-order valence-electron chi connectivity index (χ1n) is 5.54. The number of carbonyl (C=O) groups excluding carboxylic acids is 1. The van der Waals surface area contributed by atoms with Crippen molar-refractivity contribution >= 4 is 31.6 Å². The highest BCUT2D eigenvalue weighted by molar-refractivity contribution is 9.10. The van der Waals surface area contributed by atoms with E-state index in [1.165, 1.54) is 12.1 Å². The van der Waals surface area contributed by atoms with Crippen molar-refractivity contribution < 1.29 is 17.6 Å². The minimum absolute atomic E-state index is 0.00570. The van der Waals surface area contributed by atoms with Crippen LogP contribution in [0.3, 0.4) is 0 Å². The van der Waals surface area contributed by atoms with E-state index < -0.39 is 15.7 Å². The van der Waals surface area contributed by atoms with Crippen molar-refractivity contribution in [1.82, 2.24) is 0 Å². The van der Waals surface area contributed by atoms with Crippen LogP contribution < -0.4 is 0 Å². The van der Waals surface area contributed by atoms with Gasteiger partial charge in [0.25, 0.3) is 0 Å². The van der Waals surface area contributed by atoms with Crippen LogP contribution in [0.5, 0.6) is 0 Å². The van der Waals surface area contributed by atoms with E-state index in [0.29, 0.717) is 4.47 Å². The van der Waals surface area contributed by atoms with Gasteiger partial charge in [0.05, 0.1) is 10.2 Å². The van der Waals surface area contributed by atoms with Gasteiger partial charge in [0.1, 0.15) is 15.7 Å². The number of rotatable bonds is 6. The second-order valence-corrected chi connectivity index (χ2v) is 7.22. The Bertz CT molecular complexity index is 540. The van der Waals surface area contributed by atoms with Gasteiger partial charge in [0, 0.05) is 17.7 Å². The summed E-state index contributed by atoms with van der Waals surface area (Å²) in [5.41, 5.74) is 0.268. The highest BCUT2D eigenvalue weighted by atomic mass is 79.9. The Morgan fingerprint density at radius 3 is 2.61 bits per heavy atom. The number of benzene rings is 1. The molecule has 0 aromatic heterocycles. The first-order valence-corrected chi connectivity index (χ1v) is 8.16. The van der Waals surface area contributed by atoms with Gasteiger partial charge in [-0.05, 0) is 34.5 Å². The first kappa shape index (κ1) is 15.3. The lowest BCUT2D eigenvalue weighted by atomic mass is 10.1. The number of Topliss-reactive ketones (excluding diaryl/α,β-unsaturated/α-hetero) is 1. The summed E-state index contributed by atoms with van der Waals surface area (Å²) in [6, 6.07) is 4.13. The first-order chi connectivity index (χ1) is 8.35. The van der Waals surface area contributed by atoms with Gasteiger partial charge in [-0.1, -0.05) is 13.0 Å². The average molecular weight is 337 g/mol. The lowest BCUT2D eigenvalue weighted by molar-refractivity contribution is 0.0981. The fourth-order valence-electron chi connectivity index (χ4n) is 1.41. The van der Waals surface area contributed by atoms with Gasteiger partial charge < -0.3 is 0 Å². The number of hydrogen-bond acceptors (Lipinski definition) is 3. The molecule has 1 aromatic carbocycles. The maximum Gasteiger partial charge on any atom is 0.163 e. The van der Waals surface area contributed by atoms with Crippen molar-refractivity contribution in [3.63, 3.8) is 0 Å². The van der Waals surface area contributed by atoms with Gasteiger partial charge in [0.15, 0.2) is 5.78 Å². The van der Waals surface area contributed by atoms with E-state index >= 15 is 0 Å². The molecule has 0 spiro atoms. The summed E-state index contributed by atoms with van der Waals surface area (Å²) in [6.45, 7) is 1.57. The van der Waals surface area contributed by atoms with Crippen LogP contribution in [0, 0.1) is 5.82 Å². The Balaban J connectivity index is 2.58. The quantitative estimate of drug-likeness (QED) is 0.750. The molecule has 0 aliphatic carbocycles. The molecule has 0 bridgehead atoms. The van der Waals surface area contributed by atoms with Crippen LogP contribution in [0.1, 0.15) is 30.1 Å². The fourth-order valence-corrected chi connectivity index (χ4v) is 2.53. The molecular formula is C12H14BrFO3S. The molecule has 0 aliphatic rings. The topological polar surface area (TPSA) is 51.2 Å². The lowest BCUT2D eigenvalue weighted by Crippen LogP contribution is -2.10. The highest BCUT2D eigenvalue weighted by Crippen LogP contribution is 2.17. The van der Waals surface area contributed by atoms with Crippen molar-refractivity contribution in [3.05, 3.63) is 34.1 Å². The van der Waals surface area contributed by atoms with Crippen LogP contribution in [0.2, 0.25) is 0 Å². The molecule has 6 heteroatoms. The SMILES string of the molecule is CCS(=O)(=O)CCCC(=O)c1ccc(Br)c(F)c1. The van der Waals surface area contributed by atoms with E-state index in [0.717, 1.165) is 6.07 Å². The third-order valence-corrected chi connectivity index (χ3v) is 4.97. The molecule has 0 heterocycles. The molecule has 0 fully saturated rings. The zero-order chi connectivity index (χ0) is 13.8. The van der Waals surface area contributed by atoms with Crippen molar-refractivity contribution in [2.75, 3.05) is 11.5 Å². The van der Waals surface area contributed by atoms with Crippen LogP contribution in [0.25, 0.3) is 0 Å². The summed E-state index contributed by atoms with van der Waals surface area (Å²) in [5, 5.41) is 0. The molecular weight excluding hydrogens is 323 g/mol. The second kappa shape index (κ2) is 6.43. The zero-order valence-electron chi connectivity index (χ0n) is 9.95. The molecule has 18 heavy (non-hydrogen) atoms. The summed E-state index contributed by atoms with van der Waals surface area (Å²) >= 11 is 3.00. The molecule has 100 valence electrons. The number of ketones is 1. The molecule has 0 aliphatic heterocycles. The third-order valence-electron chi connectivity index (χ3n) is 2.54. The Hall–Kier alpha value is -0.750. The summed E-state index contributed by atoms with van der Waals surface area (Å²) < 4.78 is 36.0. The zero-order valence-corrected chi connectivity index (χ0v) is 12.4. The molecule has 0 saturated carbocycles. The molecule has 0 unspecified atom stereocenters. The third kappa shape index (κ3) is 4.49. The highest BCUT2D eigenvalue weighted by Gasteiger charge is 2.12. The minimum Gasteiger partial charge on any atom is -0.294 e. The Morgan fingerprint density at radius 2 is 2.06 bits per heavy atom. The van der Waals surface area contributed by atoms with Crippen molar-refractivity contribution in [2.45, 2.75) is 19.8 Å². The van der Waals surface area contributed by atoms with Gasteiger partial charge in [-0.15, -0.1) is 0 Å². The van der Waals surface area contributed by atoms with Crippen molar-refractivity contribution in [2.24, 2.45) is 0 Å². The van der Waals surface area contributed by atoms with Crippen molar-refractivity contribution in [3.8, 4) is 0 Å². The molecule has 0 N–H and O–H groups in total. The molecule has 0 amide bonds. The van der Waals surface area contributed by atoms with E-state index in [1.807, 2.05) is 0 Å². The second-order valence-electron chi connectivity index (χ2n) is 3.89. The molecule has 1 aromatic rings. The van der Waals surface area contributed by atoms with Gasteiger partial charge in [0.2, 0.25) is 0 Å². The maximum absolute atomic E-state index is 13.2. The largest absolute Gasteiger partial charge is 0.294 e. The molecule has 1 rings (SSSR count). The maximum atomic E-state index is 13.2. The number of halogens is 2. The monoisotopic (exact) mass is 336 g/mol. The van der Waals surface area contributed by atoms with Gasteiger partial charge in [-0.2, -0.15) is 0 Å². The smallest absolute Gasteiger partial charge is 0.163 e. The Morgan fingerprint density at radius 1 is 1.39 bits per heavy atom. The number of hydrogen-bond donors (Lipinski definition) is 0. The van der Waals surface area contributed by atoms with Crippen molar-refractivity contribution in [1.29, 1.82) is 0 Å². The van der Waals surface area contributed by atoms with Crippen LogP contribution in [0.15, 0.2) is 22.7 Å². The van der Waals surface area contributed by atoms with Crippen LogP contribution in [-0.2, 0) is 9.84 Å². The minimum atomic E-state index is -3.05. The summed E-state index contributed by atoms with van der Waals surface area (Å²) in [5.74, 6) is -0.669. The standard InChI is InChI=1S/C12H14BrFO3S/c1-2-18(16,17)7-3-4-12(15)9-5-6-10(13)11(14)8-9/h5-6,8H,2-4,7H2,1H3. The average Bonchev–Trinajstić information content (AvgIpc) is 2.32. The van der Waals surface area contributed by atoms with Crippen LogP contribution in [-0.4, -0.2) is 25.7 Å². The van der Waals surface area contributed by atoms with Gasteiger partial charge in [-0.3, -0.25) is 4.79 Å². The predicted octanol–water partition coefficient (Wildman–Crippen LogP) is 2.99. The normalized spacial score (nSPS) is 11.5. The van der Waals surface area contributed by atoms with Crippen LogP contribution >= 0.6 is 15.9 Å². The number of carbonyl (C=O) groups is 1. The lowest BCUT2D eigenvalue weighted by Gasteiger charge is -2.03. The Kier molecular flexibility index (Phi) is 5.47. The molecule has 0 saturated heterocycles. The Labute approximate surface area is 114 Å². The summed E-state index contributed by atoms with van der Waals surface area (Å²) in [4.78, 5) is 11.7. The summed E-state index contributed by atoms with van der Waals surface area (Å²) in [7, 11) is -3.05. The predicted molar refractivity (Wildman–Crippen MR) is 72.0 cm³/mol.